The highest BCUT2D eigenvalue weighted by Crippen LogP contribution is 2.25. The Morgan fingerprint density at radius 1 is 1.28 bits per heavy atom. The molecule has 0 aliphatic carbocycles. The minimum Gasteiger partial charge on any atom is -0.297 e. The summed E-state index contributed by atoms with van der Waals surface area (Å²) >= 11 is 5.67. The Hall–Kier alpha value is -2.07. The van der Waals surface area contributed by atoms with Gasteiger partial charge in [0.1, 0.15) is 26.3 Å². The molecule has 3 aromatic rings. The van der Waals surface area contributed by atoms with Crippen LogP contribution in [0.5, 0.6) is 0 Å². The molecule has 3 heterocycles. The molecular weight excluding hydrogens is 358 g/mol. The van der Waals surface area contributed by atoms with Crippen LogP contribution in [0.15, 0.2) is 16.5 Å². The van der Waals surface area contributed by atoms with Crippen molar-refractivity contribution >= 4 is 46.0 Å². The predicted octanol–water partition coefficient (Wildman–Crippen LogP) is 2.65. The van der Waals surface area contributed by atoms with Crippen LogP contribution in [0.25, 0.3) is 10.3 Å². The van der Waals surface area contributed by atoms with Crippen LogP contribution in [0.3, 0.4) is 0 Å². The van der Waals surface area contributed by atoms with Crippen molar-refractivity contribution in [3.8, 4) is 0 Å². The molecule has 0 aliphatic heterocycles. The predicted molar refractivity (Wildman–Crippen MR) is 99.0 cm³/mol. The Morgan fingerprint density at radius 2 is 2.16 bits per heavy atom. The zero-order valence-corrected chi connectivity index (χ0v) is 15.6. The molecule has 0 aliphatic rings. The number of unbranched alkanes of at least 4 members (excludes halogenated alkanes) is 2. The van der Waals surface area contributed by atoms with Gasteiger partial charge in [0.15, 0.2) is 0 Å². The second-order valence-electron chi connectivity index (χ2n) is 5.54. The van der Waals surface area contributed by atoms with Crippen LogP contribution in [-0.2, 0) is 11.2 Å². The Morgan fingerprint density at radius 3 is 2.92 bits per heavy atom. The maximum Gasteiger partial charge on any atom is 0.228 e. The second kappa shape index (κ2) is 8.34. The molecule has 3 aromatic heterocycles. The lowest BCUT2D eigenvalue weighted by Crippen LogP contribution is -2.31. The van der Waals surface area contributed by atoms with Gasteiger partial charge >= 0.3 is 0 Å². The van der Waals surface area contributed by atoms with E-state index in [9.17, 15) is 4.79 Å². The van der Waals surface area contributed by atoms with Gasteiger partial charge < -0.3 is 0 Å². The number of aromatic amines is 1. The fourth-order valence-electron chi connectivity index (χ4n) is 2.58. The average Bonchev–Trinajstić information content (AvgIpc) is 3.23. The monoisotopic (exact) mass is 377 g/mol. The number of H-pyrrole nitrogens is 1. The minimum atomic E-state index is 0.0892. The number of aryl methyl sites for hydroxylation is 1. The number of pyridine rings is 1. The first-order chi connectivity index (χ1) is 12.2. The molecule has 132 valence electrons. The van der Waals surface area contributed by atoms with Crippen LogP contribution < -0.4 is 4.90 Å². The van der Waals surface area contributed by atoms with Gasteiger partial charge in [0, 0.05) is 19.4 Å². The molecule has 25 heavy (non-hydrogen) atoms. The number of rotatable bonds is 8. The highest BCUT2D eigenvalue weighted by atomic mass is 32.2. The van der Waals surface area contributed by atoms with Crippen molar-refractivity contribution < 1.29 is 4.79 Å². The molecule has 0 fully saturated rings. The molecule has 10 heteroatoms. The van der Waals surface area contributed by atoms with Crippen molar-refractivity contribution in [1.29, 1.82) is 0 Å². The number of anilines is 1. The summed E-state index contributed by atoms with van der Waals surface area (Å²) in [5.41, 5.74) is 0.809. The molecule has 0 saturated carbocycles. The van der Waals surface area contributed by atoms with Crippen molar-refractivity contribution in [3.05, 3.63) is 18.0 Å². The van der Waals surface area contributed by atoms with Crippen molar-refractivity contribution in [3.63, 3.8) is 0 Å². The van der Waals surface area contributed by atoms with Crippen molar-refractivity contribution in [2.45, 2.75) is 43.4 Å². The van der Waals surface area contributed by atoms with Gasteiger partial charge in [-0.05, 0) is 42.3 Å². The van der Waals surface area contributed by atoms with Crippen LogP contribution in [0.4, 0.5) is 5.82 Å². The molecule has 1 amide bonds. The maximum absolute atomic E-state index is 12.5. The van der Waals surface area contributed by atoms with Gasteiger partial charge in [-0.15, -0.1) is 17.7 Å². The molecule has 1 N–H and O–H groups in total. The Bertz CT molecular complexity index is 834. The molecule has 0 spiro atoms. The van der Waals surface area contributed by atoms with Crippen LogP contribution in [0.2, 0.25) is 0 Å². The number of nitrogens with one attached hydrogen (secondary N) is 1. The van der Waals surface area contributed by atoms with Crippen molar-refractivity contribution in [2.24, 2.45) is 0 Å². The number of carbonyl (C=O) groups is 1. The van der Waals surface area contributed by atoms with Crippen LogP contribution in [0.1, 0.15) is 38.4 Å². The topological polar surface area (TPSA) is 101 Å². The molecule has 0 aromatic carbocycles. The van der Waals surface area contributed by atoms with Crippen LogP contribution >= 0.6 is 24.0 Å². The van der Waals surface area contributed by atoms with Gasteiger partial charge in [0.2, 0.25) is 5.91 Å². The normalized spacial score (nSPS) is 11.1. The van der Waals surface area contributed by atoms with Gasteiger partial charge in [-0.1, -0.05) is 17.8 Å². The second-order valence-corrected chi connectivity index (χ2v) is 7.24. The number of nitrogens with zero attached hydrogens (tertiary/aromatic N) is 6. The fourth-order valence-corrected chi connectivity index (χ4v) is 3.62. The van der Waals surface area contributed by atoms with Gasteiger partial charge in [-0.2, -0.15) is 0 Å². The van der Waals surface area contributed by atoms with Crippen molar-refractivity contribution in [2.75, 3.05) is 11.4 Å². The molecule has 8 nitrogen and oxygen atoms in total. The quantitative estimate of drug-likeness (QED) is 0.462. The summed E-state index contributed by atoms with van der Waals surface area (Å²) in [5, 5.41) is 13.7. The van der Waals surface area contributed by atoms with E-state index in [1.165, 1.54) is 11.3 Å². The number of thiol groups is 1. The Labute approximate surface area is 154 Å². The highest BCUT2D eigenvalue weighted by molar-refractivity contribution is 7.82. The van der Waals surface area contributed by atoms with E-state index in [0.717, 1.165) is 41.9 Å². The van der Waals surface area contributed by atoms with E-state index < -0.39 is 0 Å². The fraction of sp³-hybridized carbons (Fsp3) is 0.467. The maximum atomic E-state index is 12.5. The average molecular weight is 377 g/mol. The van der Waals surface area contributed by atoms with Gasteiger partial charge in [-0.25, -0.2) is 15.1 Å². The third-order valence-corrected chi connectivity index (χ3v) is 4.96. The lowest BCUT2D eigenvalue weighted by molar-refractivity contribution is -0.118. The van der Waals surface area contributed by atoms with E-state index in [1.807, 2.05) is 19.1 Å². The third kappa shape index (κ3) is 4.51. The van der Waals surface area contributed by atoms with Gasteiger partial charge in [-0.3, -0.25) is 9.69 Å². The summed E-state index contributed by atoms with van der Waals surface area (Å²) in [6.07, 6.45) is 4.04. The summed E-state index contributed by atoms with van der Waals surface area (Å²) in [7, 11) is 0. The number of tetrazole rings is 1. The number of hydrogen-bond donors (Lipinski definition) is 2. The number of amides is 1. The molecule has 0 saturated heterocycles. The van der Waals surface area contributed by atoms with Crippen LogP contribution in [0, 0.1) is 0 Å². The van der Waals surface area contributed by atoms with E-state index in [-0.39, 0.29) is 5.91 Å². The minimum absolute atomic E-state index is 0.0892. The first-order valence-electron chi connectivity index (χ1n) is 8.17. The van der Waals surface area contributed by atoms with E-state index in [1.54, 1.807) is 4.90 Å². The van der Waals surface area contributed by atoms with Crippen LogP contribution in [-0.4, -0.2) is 43.0 Å². The molecule has 0 unspecified atom stereocenters. The van der Waals surface area contributed by atoms with E-state index in [4.69, 9.17) is 0 Å². The summed E-state index contributed by atoms with van der Waals surface area (Å²) in [6.45, 7) is 2.55. The van der Waals surface area contributed by atoms with Crippen molar-refractivity contribution in [1.82, 2.24) is 30.6 Å². The standard InChI is InChI=1S/C15H19N7OS2/c1-2-22(12-9-8-10-14(17-12)25-15(24)16-10)13(23)7-5-3-4-6-11-18-20-21-19-11/h8-9H,2-7H2,1H3,(H,16,24)(H,18,19,20,21). The number of aromatic nitrogens is 6. The zero-order valence-electron chi connectivity index (χ0n) is 13.8. The Kier molecular flexibility index (Phi) is 5.92. The third-order valence-electron chi connectivity index (χ3n) is 3.82. The number of carbonyl (C=O) groups excluding carboxylic acids is 1. The SMILES string of the molecule is CCN(C(=O)CCCCCc1nnn[nH]1)c1ccc2nc(S)sc2n1. The molecule has 0 bridgehead atoms. The molecule has 3 rings (SSSR count). The first-order valence-corrected chi connectivity index (χ1v) is 9.43. The summed E-state index contributed by atoms with van der Waals surface area (Å²) in [4.78, 5) is 23.9. The summed E-state index contributed by atoms with van der Waals surface area (Å²) in [6, 6.07) is 3.73. The summed E-state index contributed by atoms with van der Waals surface area (Å²) in [5.74, 6) is 1.54. The number of hydrogen-bond acceptors (Lipinski definition) is 8. The summed E-state index contributed by atoms with van der Waals surface area (Å²) < 4.78 is 0.677. The number of thiazole rings is 1. The highest BCUT2D eigenvalue weighted by Gasteiger charge is 2.16. The van der Waals surface area contributed by atoms with Gasteiger partial charge in [0.05, 0.1) is 0 Å². The van der Waals surface area contributed by atoms with Gasteiger partial charge in [0.25, 0.3) is 0 Å². The lowest BCUT2D eigenvalue weighted by atomic mass is 10.1. The Balaban J connectivity index is 1.53. The van der Waals surface area contributed by atoms with E-state index in [0.29, 0.717) is 23.1 Å². The first kappa shape index (κ1) is 17.7. The lowest BCUT2D eigenvalue weighted by Gasteiger charge is -2.19. The smallest absolute Gasteiger partial charge is 0.228 e. The largest absolute Gasteiger partial charge is 0.297 e. The zero-order chi connectivity index (χ0) is 17.6. The molecule has 0 radical (unpaired) electrons. The van der Waals surface area contributed by atoms with E-state index in [2.05, 4.69) is 43.2 Å². The number of fused-ring (bicyclic) bond motifs is 1. The molecule has 0 atom stereocenters. The van der Waals surface area contributed by atoms with E-state index >= 15 is 0 Å². The molecular formula is C15H19N7OS2.